The van der Waals surface area contributed by atoms with Gasteiger partial charge in [0.15, 0.2) is 6.29 Å². The van der Waals surface area contributed by atoms with Gasteiger partial charge < -0.3 is 9.47 Å². The molecule has 1 aromatic heterocycles. The van der Waals surface area contributed by atoms with Crippen LogP contribution in [0.1, 0.15) is 48.3 Å². The summed E-state index contributed by atoms with van der Waals surface area (Å²) < 4.78 is 39.6. The first kappa shape index (κ1) is 24.5. The summed E-state index contributed by atoms with van der Waals surface area (Å²) in [5.74, 6) is 0.189. The van der Waals surface area contributed by atoms with Crippen molar-refractivity contribution < 1.29 is 18.3 Å². The first-order valence-electron chi connectivity index (χ1n) is 11.5. The number of rotatable bonds is 9. The van der Waals surface area contributed by atoms with Crippen molar-refractivity contribution in [3.63, 3.8) is 0 Å². The second-order valence-corrected chi connectivity index (χ2v) is 11.9. The third-order valence-corrected chi connectivity index (χ3v) is 9.13. The summed E-state index contributed by atoms with van der Waals surface area (Å²) in [4.78, 5) is 3.37. The van der Waals surface area contributed by atoms with Crippen molar-refractivity contribution in [1.82, 2.24) is 0 Å². The predicted molar refractivity (Wildman–Crippen MR) is 129 cm³/mol. The Kier molecular flexibility index (Phi) is 8.91. The number of thiophene rings is 1. The molecule has 0 amide bonds. The van der Waals surface area contributed by atoms with Gasteiger partial charge >= 0.3 is 0 Å². The highest BCUT2D eigenvalue weighted by atomic mass is 35.5. The Morgan fingerprint density at radius 3 is 2.66 bits per heavy atom. The van der Waals surface area contributed by atoms with Gasteiger partial charge in [-0.1, -0.05) is 0 Å². The normalized spacial score (nSPS) is 28.3. The van der Waals surface area contributed by atoms with E-state index in [1.165, 1.54) is 33.6 Å². The molecule has 1 saturated heterocycles. The second-order valence-electron chi connectivity index (χ2n) is 8.87. The Bertz CT molecular complexity index is 851. The summed E-state index contributed by atoms with van der Waals surface area (Å²) >= 11 is 10.2. The number of hydrogen-bond donors (Lipinski definition) is 0. The molecule has 0 spiro atoms. The fourth-order valence-electron chi connectivity index (χ4n) is 4.85. The molecular formula is C25H31ClF2O2S2. The van der Waals surface area contributed by atoms with Gasteiger partial charge in [0.2, 0.25) is 0 Å². The van der Waals surface area contributed by atoms with Crippen LogP contribution in [0.3, 0.4) is 0 Å². The summed E-state index contributed by atoms with van der Waals surface area (Å²) in [7, 11) is 0. The number of hydrogen-bond acceptors (Lipinski definition) is 4. The van der Waals surface area contributed by atoms with E-state index < -0.39 is 11.6 Å². The Labute approximate surface area is 203 Å². The molecular weight excluding hydrogens is 470 g/mol. The zero-order valence-electron chi connectivity index (χ0n) is 18.4. The van der Waals surface area contributed by atoms with Crippen LogP contribution in [0.2, 0.25) is 0 Å². The molecule has 1 aliphatic heterocycles. The maximum absolute atomic E-state index is 13.7. The maximum atomic E-state index is 13.7. The fourth-order valence-corrected chi connectivity index (χ4v) is 7.51. The lowest BCUT2D eigenvalue weighted by Crippen LogP contribution is -2.32. The van der Waals surface area contributed by atoms with Crippen LogP contribution in [0.25, 0.3) is 0 Å². The summed E-state index contributed by atoms with van der Waals surface area (Å²) in [6, 6.07) is 8.09. The average molecular weight is 501 g/mol. The van der Waals surface area contributed by atoms with Crippen LogP contribution in [-0.2, 0) is 15.9 Å². The van der Waals surface area contributed by atoms with Gasteiger partial charge in [0.1, 0.15) is 11.6 Å². The third kappa shape index (κ3) is 6.69. The van der Waals surface area contributed by atoms with E-state index in [-0.39, 0.29) is 23.7 Å². The zero-order valence-corrected chi connectivity index (χ0v) is 20.8. The summed E-state index contributed by atoms with van der Waals surface area (Å²) in [5.41, 5.74) is 0. The van der Waals surface area contributed by atoms with Crippen LogP contribution in [0.5, 0.6) is 0 Å². The molecule has 1 unspecified atom stereocenters. The van der Waals surface area contributed by atoms with Crippen molar-refractivity contribution in [2.75, 3.05) is 12.4 Å². The molecule has 2 aromatic rings. The highest BCUT2D eigenvalue weighted by Gasteiger charge is 2.43. The van der Waals surface area contributed by atoms with Gasteiger partial charge in [-0.2, -0.15) is 0 Å². The summed E-state index contributed by atoms with van der Waals surface area (Å²) in [5, 5.41) is 0.0449. The van der Waals surface area contributed by atoms with E-state index >= 15 is 0 Å². The first-order chi connectivity index (χ1) is 15.5. The molecule has 1 aliphatic carbocycles. The van der Waals surface area contributed by atoms with E-state index in [2.05, 4.69) is 19.1 Å². The van der Waals surface area contributed by atoms with Crippen molar-refractivity contribution >= 4 is 34.7 Å². The van der Waals surface area contributed by atoms with Gasteiger partial charge in [-0.25, -0.2) is 8.78 Å². The van der Waals surface area contributed by atoms with Crippen molar-refractivity contribution in [3.8, 4) is 0 Å². The van der Waals surface area contributed by atoms with E-state index in [0.717, 1.165) is 63.4 Å². The lowest BCUT2D eigenvalue weighted by Gasteiger charge is -2.30. The summed E-state index contributed by atoms with van der Waals surface area (Å²) in [6.45, 7) is 2.88. The van der Waals surface area contributed by atoms with Gasteiger partial charge in [0.05, 0.1) is 6.10 Å². The minimum Gasteiger partial charge on any atom is -0.353 e. The molecule has 2 nitrogen and oxygen atoms in total. The molecule has 5 atom stereocenters. The van der Waals surface area contributed by atoms with Crippen molar-refractivity contribution in [2.45, 2.75) is 74.5 Å². The molecule has 2 aliphatic rings. The van der Waals surface area contributed by atoms with E-state index in [0.29, 0.717) is 10.8 Å². The Balaban J connectivity index is 1.41. The first-order valence-corrected chi connectivity index (χ1v) is 13.8. The van der Waals surface area contributed by atoms with Crippen LogP contribution >= 0.6 is 34.7 Å². The third-order valence-electron chi connectivity index (χ3n) is 6.45. The standard InChI is InChI=1S/C25H31ClF2O2S2/c1-16-8-9-19(32-16)5-4-6-21-22(15-31-20-12-17(27)11-18(28)13-20)24(14-23(21)26)30-25-7-2-3-10-29-25/h8-9,11-13,21-25H,2-7,10,14-15H2,1H3/t21-,22-,23-,24-,25?/m1/s1. The lowest BCUT2D eigenvalue weighted by molar-refractivity contribution is -0.194. The van der Waals surface area contributed by atoms with Gasteiger partial charge in [-0.05, 0) is 88.0 Å². The molecule has 2 fully saturated rings. The Morgan fingerprint density at radius 2 is 1.97 bits per heavy atom. The zero-order chi connectivity index (χ0) is 22.5. The van der Waals surface area contributed by atoms with Crippen LogP contribution < -0.4 is 0 Å². The van der Waals surface area contributed by atoms with Crippen LogP contribution in [-0.4, -0.2) is 30.1 Å². The van der Waals surface area contributed by atoms with Crippen LogP contribution in [0.4, 0.5) is 8.78 Å². The quantitative estimate of drug-likeness (QED) is 0.261. The van der Waals surface area contributed by atoms with E-state index in [1.54, 1.807) is 0 Å². The number of alkyl halides is 1. The molecule has 0 N–H and O–H groups in total. The molecule has 4 rings (SSSR count). The lowest BCUT2D eigenvalue weighted by atomic mass is 9.91. The maximum Gasteiger partial charge on any atom is 0.157 e. The van der Waals surface area contributed by atoms with Gasteiger partial charge in [0, 0.05) is 38.5 Å². The molecule has 0 radical (unpaired) electrons. The SMILES string of the molecule is Cc1ccc(CCC[C@@H]2[C@@H](CSc3cc(F)cc(F)c3)[C@H](OC3CCCCO3)C[C@H]2Cl)s1. The molecule has 32 heavy (non-hydrogen) atoms. The van der Waals surface area contributed by atoms with Gasteiger partial charge in [-0.3, -0.25) is 0 Å². The number of benzene rings is 1. The smallest absolute Gasteiger partial charge is 0.157 e. The number of halogens is 3. The molecule has 2 heterocycles. The molecule has 176 valence electrons. The highest BCUT2D eigenvalue weighted by Crippen LogP contribution is 2.44. The summed E-state index contributed by atoms with van der Waals surface area (Å²) in [6.07, 6.45) is 6.93. The molecule has 1 aromatic carbocycles. The average Bonchev–Trinajstić information content (AvgIpc) is 3.29. The molecule has 1 saturated carbocycles. The number of ether oxygens (including phenoxy) is 2. The highest BCUT2D eigenvalue weighted by molar-refractivity contribution is 7.99. The molecule has 0 bridgehead atoms. The van der Waals surface area contributed by atoms with Gasteiger partial charge in [-0.15, -0.1) is 34.7 Å². The van der Waals surface area contributed by atoms with Crippen molar-refractivity contribution in [2.24, 2.45) is 11.8 Å². The minimum absolute atomic E-state index is 0.0143. The number of aryl methyl sites for hydroxylation is 2. The largest absolute Gasteiger partial charge is 0.353 e. The van der Waals surface area contributed by atoms with E-state index in [4.69, 9.17) is 21.1 Å². The van der Waals surface area contributed by atoms with E-state index in [1.807, 2.05) is 11.3 Å². The van der Waals surface area contributed by atoms with E-state index in [9.17, 15) is 8.78 Å². The monoisotopic (exact) mass is 500 g/mol. The molecule has 7 heteroatoms. The predicted octanol–water partition coefficient (Wildman–Crippen LogP) is 7.61. The van der Waals surface area contributed by atoms with Crippen LogP contribution in [0.15, 0.2) is 35.2 Å². The number of thioether (sulfide) groups is 1. The Hall–Kier alpha value is -0.660. The minimum atomic E-state index is -0.541. The van der Waals surface area contributed by atoms with Crippen molar-refractivity contribution in [3.05, 3.63) is 51.7 Å². The van der Waals surface area contributed by atoms with Gasteiger partial charge in [0.25, 0.3) is 0 Å². The van der Waals surface area contributed by atoms with Crippen molar-refractivity contribution in [1.29, 1.82) is 0 Å². The van der Waals surface area contributed by atoms with Crippen LogP contribution in [0, 0.1) is 30.4 Å². The second kappa shape index (κ2) is 11.7. The Morgan fingerprint density at radius 1 is 1.16 bits per heavy atom. The fraction of sp³-hybridized carbons (Fsp3) is 0.600. The topological polar surface area (TPSA) is 18.5 Å².